The molecule has 0 fully saturated rings. The Morgan fingerprint density at radius 1 is 1.17 bits per heavy atom. The van der Waals surface area contributed by atoms with Crippen molar-refractivity contribution in [2.75, 3.05) is 11.9 Å². The molecule has 2 aromatic heterocycles. The van der Waals surface area contributed by atoms with Gasteiger partial charge in [0.2, 0.25) is 5.91 Å². The van der Waals surface area contributed by atoms with Crippen molar-refractivity contribution >= 4 is 34.9 Å². The van der Waals surface area contributed by atoms with Gasteiger partial charge in [-0.15, -0.1) is 11.3 Å². The molecular formula is C23H22N4O2S. The van der Waals surface area contributed by atoms with Crippen LogP contribution in [-0.4, -0.2) is 35.0 Å². The largest absolute Gasteiger partial charge is 0.337 e. The molecule has 0 unspecified atom stereocenters. The van der Waals surface area contributed by atoms with Crippen molar-refractivity contribution < 1.29 is 9.59 Å². The van der Waals surface area contributed by atoms with Gasteiger partial charge in [0, 0.05) is 34.4 Å². The predicted molar refractivity (Wildman–Crippen MR) is 119 cm³/mol. The smallest absolute Gasteiger partial charge is 0.256 e. The van der Waals surface area contributed by atoms with E-state index in [2.05, 4.69) is 22.0 Å². The lowest BCUT2D eigenvalue weighted by Crippen LogP contribution is -2.36. The van der Waals surface area contributed by atoms with Gasteiger partial charge in [0.25, 0.3) is 5.91 Å². The molecule has 1 N–H and O–H groups in total. The summed E-state index contributed by atoms with van der Waals surface area (Å²) in [4.78, 5) is 36.6. The summed E-state index contributed by atoms with van der Waals surface area (Å²) < 4.78 is 0. The lowest BCUT2D eigenvalue weighted by Gasteiger charge is -2.27. The second-order valence-electron chi connectivity index (χ2n) is 7.08. The van der Waals surface area contributed by atoms with Crippen molar-refractivity contribution in [3.63, 3.8) is 0 Å². The number of pyridine rings is 1. The Balaban J connectivity index is 1.52. The number of nitrogens with zero attached hydrogens (tertiary/aromatic N) is 3. The fraction of sp³-hybridized carbons (Fsp3) is 0.217. The van der Waals surface area contributed by atoms with Crippen LogP contribution in [0.1, 0.15) is 32.1 Å². The fourth-order valence-electron chi connectivity index (χ4n) is 3.60. The molecule has 0 aliphatic carbocycles. The number of carbonyl (C=O) groups is 2. The summed E-state index contributed by atoms with van der Waals surface area (Å²) in [6.07, 6.45) is 2.73. The summed E-state index contributed by atoms with van der Waals surface area (Å²) in [5.41, 5.74) is 3.56. The number of amides is 2. The van der Waals surface area contributed by atoms with Crippen LogP contribution in [0.3, 0.4) is 0 Å². The van der Waals surface area contributed by atoms with Gasteiger partial charge in [-0.2, -0.15) is 0 Å². The van der Waals surface area contributed by atoms with E-state index in [4.69, 9.17) is 0 Å². The average Bonchev–Trinajstić information content (AvgIpc) is 3.11. The summed E-state index contributed by atoms with van der Waals surface area (Å²) in [6.45, 7) is 5.25. The van der Waals surface area contributed by atoms with Gasteiger partial charge in [0.15, 0.2) is 0 Å². The Bertz CT molecular complexity index is 1060. The van der Waals surface area contributed by atoms with Crippen molar-refractivity contribution in [2.45, 2.75) is 25.9 Å². The first kappa shape index (κ1) is 20.0. The van der Waals surface area contributed by atoms with E-state index in [-0.39, 0.29) is 11.8 Å². The number of fused-ring (bicyclic) bond motifs is 1. The Kier molecular flexibility index (Phi) is 5.99. The van der Waals surface area contributed by atoms with Gasteiger partial charge in [-0.1, -0.05) is 24.3 Å². The number of nitrogens with one attached hydrogen (secondary N) is 1. The van der Waals surface area contributed by atoms with Gasteiger partial charge in [-0.25, -0.2) is 0 Å². The molecule has 3 aromatic rings. The van der Waals surface area contributed by atoms with Crippen molar-refractivity contribution in [1.82, 2.24) is 9.88 Å². The zero-order valence-corrected chi connectivity index (χ0v) is 17.3. The van der Waals surface area contributed by atoms with E-state index in [1.807, 2.05) is 41.3 Å². The highest BCUT2D eigenvalue weighted by Gasteiger charge is 2.27. The molecule has 0 spiro atoms. The van der Waals surface area contributed by atoms with Crippen LogP contribution in [0.5, 0.6) is 0 Å². The molecule has 7 heteroatoms. The molecule has 1 aromatic carbocycles. The van der Waals surface area contributed by atoms with Crippen LogP contribution in [0.2, 0.25) is 0 Å². The van der Waals surface area contributed by atoms with Crippen molar-refractivity contribution in [3.8, 4) is 0 Å². The third kappa shape index (κ3) is 4.31. The molecule has 152 valence electrons. The highest BCUT2D eigenvalue weighted by molar-refractivity contribution is 7.16. The Hall–Kier alpha value is -3.32. The highest BCUT2D eigenvalue weighted by atomic mass is 32.1. The van der Waals surface area contributed by atoms with Crippen LogP contribution in [0.15, 0.2) is 59.7 Å². The van der Waals surface area contributed by atoms with E-state index in [0.29, 0.717) is 31.6 Å². The minimum absolute atomic E-state index is 0.0611. The predicted octanol–water partition coefficient (Wildman–Crippen LogP) is 3.72. The van der Waals surface area contributed by atoms with E-state index < -0.39 is 0 Å². The van der Waals surface area contributed by atoms with Crippen LogP contribution in [0, 0.1) is 0 Å². The number of aliphatic imine (C=N–C) groups is 1. The van der Waals surface area contributed by atoms with Gasteiger partial charge in [-0.05, 0) is 43.0 Å². The second kappa shape index (κ2) is 9.00. The molecule has 1 aliphatic heterocycles. The molecule has 6 nitrogen and oxygen atoms in total. The zero-order chi connectivity index (χ0) is 20.9. The lowest BCUT2D eigenvalue weighted by molar-refractivity contribution is -0.131. The molecule has 1 aliphatic rings. The van der Waals surface area contributed by atoms with E-state index >= 15 is 0 Å². The third-order valence-corrected chi connectivity index (χ3v) is 6.29. The number of carbonyl (C=O) groups excluding carboxylic acids is 2. The number of thiophene rings is 1. The number of benzene rings is 1. The summed E-state index contributed by atoms with van der Waals surface area (Å²) >= 11 is 1.52. The second-order valence-corrected chi connectivity index (χ2v) is 8.18. The number of aromatic nitrogens is 1. The molecule has 0 bridgehead atoms. The molecule has 0 saturated heterocycles. The van der Waals surface area contributed by atoms with Crippen molar-refractivity contribution in [3.05, 3.63) is 82.0 Å². The maximum Gasteiger partial charge on any atom is 0.256 e. The molecule has 4 rings (SSSR count). The van der Waals surface area contributed by atoms with Crippen LogP contribution < -0.4 is 5.32 Å². The lowest BCUT2D eigenvalue weighted by atomic mass is 10.0. The van der Waals surface area contributed by atoms with Crippen molar-refractivity contribution in [2.24, 2.45) is 4.99 Å². The van der Waals surface area contributed by atoms with E-state index in [0.717, 1.165) is 27.6 Å². The first-order valence-electron chi connectivity index (χ1n) is 9.75. The van der Waals surface area contributed by atoms with Crippen LogP contribution in [0.4, 0.5) is 5.00 Å². The quantitative estimate of drug-likeness (QED) is 0.620. The Labute approximate surface area is 179 Å². The summed E-state index contributed by atoms with van der Waals surface area (Å²) in [7, 11) is 0. The first-order chi connectivity index (χ1) is 14.7. The zero-order valence-electron chi connectivity index (χ0n) is 16.5. The monoisotopic (exact) mass is 418 g/mol. The number of anilines is 1. The van der Waals surface area contributed by atoms with Crippen LogP contribution >= 0.6 is 11.3 Å². The third-order valence-electron chi connectivity index (χ3n) is 5.11. The molecule has 2 amide bonds. The van der Waals surface area contributed by atoms with Gasteiger partial charge in [0.1, 0.15) is 5.00 Å². The van der Waals surface area contributed by atoms with E-state index in [9.17, 15) is 9.59 Å². The molecule has 0 radical (unpaired) electrons. The molecule has 0 saturated carbocycles. The topological polar surface area (TPSA) is 74.7 Å². The minimum Gasteiger partial charge on any atom is -0.337 e. The highest BCUT2D eigenvalue weighted by Crippen LogP contribution is 2.38. The van der Waals surface area contributed by atoms with Crippen LogP contribution in [-0.2, 0) is 30.7 Å². The average molecular weight is 419 g/mol. The van der Waals surface area contributed by atoms with E-state index in [1.165, 1.54) is 16.9 Å². The molecule has 3 heterocycles. The maximum atomic E-state index is 12.7. The van der Waals surface area contributed by atoms with Gasteiger partial charge < -0.3 is 10.2 Å². The summed E-state index contributed by atoms with van der Waals surface area (Å²) in [6, 6.07) is 14.7. The number of rotatable bonds is 6. The summed E-state index contributed by atoms with van der Waals surface area (Å²) in [5.74, 6) is -0.0892. The SMILES string of the molecule is C=NCc1c(NC(=O)c2ccccc2)sc2c1CCN(C(=O)Cc1ccccn1)C2. The van der Waals surface area contributed by atoms with Gasteiger partial charge in [0.05, 0.1) is 19.5 Å². The van der Waals surface area contributed by atoms with Gasteiger partial charge >= 0.3 is 0 Å². The molecule has 30 heavy (non-hydrogen) atoms. The number of hydrogen-bond acceptors (Lipinski definition) is 5. The number of hydrogen-bond donors (Lipinski definition) is 1. The Morgan fingerprint density at radius 2 is 1.97 bits per heavy atom. The van der Waals surface area contributed by atoms with Gasteiger partial charge in [-0.3, -0.25) is 19.6 Å². The Morgan fingerprint density at radius 3 is 2.70 bits per heavy atom. The fourth-order valence-corrected chi connectivity index (χ4v) is 4.87. The molecule has 0 atom stereocenters. The first-order valence-corrected chi connectivity index (χ1v) is 10.6. The molecular weight excluding hydrogens is 396 g/mol. The normalized spacial score (nSPS) is 12.9. The van der Waals surface area contributed by atoms with E-state index in [1.54, 1.807) is 18.3 Å². The maximum absolute atomic E-state index is 12.7. The van der Waals surface area contributed by atoms with Crippen LogP contribution in [0.25, 0.3) is 0 Å². The minimum atomic E-state index is -0.150. The standard InChI is InChI=1S/C23H22N4O2S/c1-24-14-19-18-10-12-27(21(28)13-17-9-5-6-11-25-17)15-20(18)30-23(19)26-22(29)16-7-3-2-4-8-16/h2-9,11H,1,10,12-15H2,(H,26,29). The summed E-state index contributed by atoms with van der Waals surface area (Å²) in [5, 5.41) is 3.82. The van der Waals surface area contributed by atoms with Crippen molar-refractivity contribution in [1.29, 1.82) is 0 Å².